The average molecular weight is 270 g/mol. The van der Waals surface area contributed by atoms with Crippen molar-refractivity contribution in [2.24, 2.45) is 11.8 Å². The highest BCUT2D eigenvalue weighted by atomic mass is 32.1. The molecular weight excluding hydrogens is 256 g/mol. The van der Waals surface area contributed by atoms with E-state index in [0.29, 0.717) is 18.0 Å². The Morgan fingerprint density at radius 3 is 3.00 bits per heavy atom. The fourth-order valence-electron chi connectivity index (χ4n) is 2.21. The molecule has 2 rings (SSSR count). The maximum absolute atomic E-state index is 11.5. The van der Waals surface area contributed by atoms with Gasteiger partial charge in [0.15, 0.2) is 0 Å². The number of aromatic nitrogens is 2. The smallest absolute Gasteiger partial charge is 0.319 e. The summed E-state index contributed by atoms with van der Waals surface area (Å²) in [6.45, 7) is 0.384. The molecule has 2 amide bonds. The lowest BCUT2D eigenvalue weighted by Crippen LogP contribution is -2.35. The van der Waals surface area contributed by atoms with Crippen molar-refractivity contribution in [1.29, 1.82) is 0 Å². The van der Waals surface area contributed by atoms with Gasteiger partial charge in [0.1, 0.15) is 5.00 Å². The van der Waals surface area contributed by atoms with E-state index in [4.69, 9.17) is 5.11 Å². The van der Waals surface area contributed by atoms with Crippen molar-refractivity contribution < 1.29 is 14.7 Å². The number of hydrogen-bond acceptors (Lipinski definition) is 5. The largest absolute Gasteiger partial charge is 0.481 e. The third kappa shape index (κ3) is 3.16. The van der Waals surface area contributed by atoms with E-state index in [0.717, 1.165) is 24.4 Å². The van der Waals surface area contributed by atoms with Gasteiger partial charge in [-0.3, -0.25) is 10.1 Å². The number of hydrogen-bond donors (Lipinski definition) is 3. The summed E-state index contributed by atoms with van der Waals surface area (Å²) < 4.78 is 3.62. The zero-order chi connectivity index (χ0) is 13.0. The van der Waals surface area contributed by atoms with Crippen LogP contribution in [0.25, 0.3) is 0 Å². The monoisotopic (exact) mass is 270 g/mol. The molecule has 98 valence electrons. The van der Waals surface area contributed by atoms with E-state index in [2.05, 4.69) is 20.2 Å². The quantitative estimate of drug-likeness (QED) is 0.761. The lowest BCUT2D eigenvalue weighted by Gasteiger charge is -2.16. The number of carbonyl (C=O) groups excluding carboxylic acids is 1. The van der Waals surface area contributed by atoms with E-state index in [-0.39, 0.29) is 17.9 Å². The van der Waals surface area contributed by atoms with Gasteiger partial charge in [-0.2, -0.15) is 0 Å². The molecule has 1 saturated carbocycles. The first-order valence-electron chi connectivity index (χ1n) is 5.72. The van der Waals surface area contributed by atoms with Crippen LogP contribution in [-0.2, 0) is 4.79 Å². The average Bonchev–Trinajstić information content (AvgIpc) is 2.96. The molecule has 3 N–H and O–H groups in total. The van der Waals surface area contributed by atoms with Gasteiger partial charge in [-0.15, -0.1) is 5.10 Å². The molecular formula is C10H14N4O3S. The number of rotatable bonds is 4. The second-order valence-electron chi connectivity index (χ2n) is 4.25. The van der Waals surface area contributed by atoms with Gasteiger partial charge in [-0.1, -0.05) is 10.9 Å². The number of nitrogens with one attached hydrogen (secondary N) is 2. The van der Waals surface area contributed by atoms with Crippen LogP contribution in [0.3, 0.4) is 0 Å². The minimum absolute atomic E-state index is 0.0211. The Morgan fingerprint density at radius 2 is 2.33 bits per heavy atom. The van der Waals surface area contributed by atoms with Crippen molar-refractivity contribution in [2.75, 3.05) is 11.9 Å². The number of carboxylic acids is 1. The molecule has 0 saturated heterocycles. The van der Waals surface area contributed by atoms with E-state index < -0.39 is 5.97 Å². The Bertz CT molecular complexity index is 423. The van der Waals surface area contributed by atoms with Gasteiger partial charge in [0.25, 0.3) is 0 Å². The Labute approximate surface area is 108 Å². The van der Waals surface area contributed by atoms with Gasteiger partial charge in [0.05, 0.1) is 12.1 Å². The van der Waals surface area contributed by atoms with Crippen molar-refractivity contribution in [3.05, 3.63) is 6.20 Å². The maximum atomic E-state index is 11.5. The zero-order valence-electron chi connectivity index (χ0n) is 9.63. The van der Waals surface area contributed by atoms with Crippen molar-refractivity contribution in [3.63, 3.8) is 0 Å². The van der Waals surface area contributed by atoms with Crippen molar-refractivity contribution in [3.8, 4) is 0 Å². The third-order valence-electron chi connectivity index (χ3n) is 3.10. The fraction of sp³-hybridized carbons (Fsp3) is 0.600. The molecule has 1 heterocycles. The third-order valence-corrected chi connectivity index (χ3v) is 3.68. The van der Waals surface area contributed by atoms with E-state index in [9.17, 15) is 9.59 Å². The fourth-order valence-corrected chi connectivity index (χ4v) is 2.62. The van der Waals surface area contributed by atoms with Crippen LogP contribution >= 0.6 is 11.5 Å². The molecule has 1 aromatic heterocycles. The van der Waals surface area contributed by atoms with Gasteiger partial charge in [-0.25, -0.2) is 4.79 Å². The van der Waals surface area contributed by atoms with Crippen LogP contribution < -0.4 is 10.6 Å². The molecule has 1 fully saturated rings. The normalized spacial score (nSPS) is 22.7. The number of amides is 2. The molecule has 2 atom stereocenters. The standard InChI is InChI=1S/C10H14N4O3S/c15-9(16)7-3-1-2-6(7)4-11-10(17)13-8-5-12-14-18-8/h5-7H,1-4H2,(H,15,16)(H2,11,13,17). The van der Waals surface area contributed by atoms with Crippen LogP contribution in [0.15, 0.2) is 6.20 Å². The molecule has 1 aliphatic carbocycles. The molecule has 0 spiro atoms. The molecule has 0 radical (unpaired) electrons. The van der Waals surface area contributed by atoms with Crippen LogP contribution in [0.5, 0.6) is 0 Å². The van der Waals surface area contributed by atoms with Crippen LogP contribution in [0.2, 0.25) is 0 Å². The SMILES string of the molecule is O=C(NCC1CCCC1C(=O)O)Nc1cnns1. The summed E-state index contributed by atoms with van der Waals surface area (Å²) in [5, 5.41) is 18.4. The topological polar surface area (TPSA) is 104 Å². The van der Waals surface area contributed by atoms with E-state index >= 15 is 0 Å². The van der Waals surface area contributed by atoms with E-state index in [1.165, 1.54) is 6.20 Å². The summed E-state index contributed by atoms with van der Waals surface area (Å²) in [7, 11) is 0. The number of urea groups is 1. The summed E-state index contributed by atoms with van der Waals surface area (Å²) in [5.74, 6) is -1.09. The summed E-state index contributed by atoms with van der Waals surface area (Å²) in [5.41, 5.74) is 0. The van der Waals surface area contributed by atoms with Gasteiger partial charge < -0.3 is 10.4 Å². The van der Waals surface area contributed by atoms with Crippen molar-refractivity contribution in [1.82, 2.24) is 14.9 Å². The molecule has 1 aromatic rings. The number of carbonyl (C=O) groups is 2. The highest BCUT2D eigenvalue weighted by Gasteiger charge is 2.32. The second kappa shape index (κ2) is 5.76. The van der Waals surface area contributed by atoms with Crippen LogP contribution in [-0.4, -0.2) is 33.2 Å². The first-order valence-corrected chi connectivity index (χ1v) is 6.49. The summed E-state index contributed by atoms with van der Waals surface area (Å²) in [6.07, 6.45) is 3.91. The number of nitrogens with zero attached hydrogens (tertiary/aromatic N) is 2. The van der Waals surface area contributed by atoms with Gasteiger partial charge in [0.2, 0.25) is 0 Å². The van der Waals surface area contributed by atoms with Crippen LogP contribution in [0.1, 0.15) is 19.3 Å². The van der Waals surface area contributed by atoms with Gasteiger partial charge in [0, 0.05) is 18.1 Å². The number of carboxylic acid groups (broad SMARTS) is 1. The molecule has 8 heteroatoms. The molecule has 18 heavy (non-hydrogen) atoms. The number of aliphatic carboxylic acids is 1. The minimum atomic E-state index is -0.772. The van der Waals surface area contributed by atoms with Crippen LogP contribution in [0, 0.1) is 11.8 Å². The molecule has 1 aliphatic rings. The Kier molecular flexibility index (Phi) is 4.08. The predicted octanol–water partition coefficient (Wildman–Crippen LogP) is 1.16. The van der Waals surface area contributed by atoms with E-state index in [1.54, 1.807) is 0 Å². The molecule has 0 bridgehead atoms. The highest BCUT2D eigenvalue weighted by molar-refractivity contribution is 7.10. The zero-order valence-corrected chi connectivity index (χ0v) is 10.4. The predicted molar refractivity (Wildman–Crippen MR) is 65.4 cm³/mol. The minimum Gasteiger partial charge on any atom is -0.481 e. The van der Waals surface area contributed by atoms with Gasteiger partial charge in [-0.05, 0) is 18.8 Å². The first kappa shape index (κ1) is 12.7. The second-order valence-corrected chi connectivity index (χ2v) is 5.04. The molecule has 7 nitrogen and oxygen atoms in total. The summed E-state index contributed by atoms with van der Waals surface area (Å²) in [4.78, 5) is 22.5. The molecule has 0 aromatic carbocycles. The lowest BCUT2D eigenvalue weighted by molar-refractivity contribution is -0.142. The summed E-state index contributed by atoms with van der Waals surface area (Å²) in [6, 6.07) is -0.350. The Morgan fingerprint density at radius 1 is 1.50 bits per heavy atom. The Hall–Kier alpha value is -1.70. The van der Waals surface area contributed by atoms with Gasteiger partial charge >= 0.3 is 12.0 Å². The van der Waals surface area contributed by atoms with E-state index in [1.807, 2.05) is 0 Å². The molecule has 2 unspecified atom stereocenters. The highest BCUT2D eigenvalue weighted by Crippen LogP contribution is 2.31. The first-order chi connectivity index (χ1) is 8.66. The number of anilines is 1. The molecule has 0 aliphatic heterocycles. The Balaban J connectivity index is 1.77. The van der Waals surface area contributed by atoms with Crippen LogP contribution in [0.4, 0.5) is 9.80 Å². The summed E-state index contributed by atoms with van der Waals surface area (Å²) >= 11 is 1.09. The maximum Gasteiger partial charge on any atom is 0.319 e. The van der Waals surface area contributed by atoms with Crippen molar-refractivity contribution >= 4 is 28.5 Å². The van der Waals surface area contributed by atoms with Crippen molar-refractivity contribution in [2.45, 2.75) is 19.3 Å². The lowest BCUT2D eigenvalue weighted by atomic mass is 9.96.